The van der Waals surface area contributed by atoms with Crippen LogP contribution in [0, 0.1) is 0 Å². The van der Waals surface area contributed by atoms with Crippen molar-refractivity contribution in [2.75, 3.05) is 69.4 Å². The molecule has 2 aliphatic rings. The van der Waals surface area contributed by atoms with Crippen LogP contribution in [0.25, 0.3) is 0 Å². The first-order valence-electron chi connectivity index (χ1n) is 12.4. The number of fused-ring (bicyclic) bond motifs is 1. The number of ether oxygens (including phenoxy) is 2. The van der Waals surface area contributed by atoms with Crippen LogP contribution in [-0.2, 0) is 14.8 Å². The number of nitrogens with one attached hydrogen (secondary N) is 2. The van der Waals surface area contributed by atoms with Crippen LogP contribution in [0.1, 0.15) is 24.8 Å². The van der Waals surface area contributed by atoms with Gasteiger partial charge in [0.25, 0.3) is 0 Å². The molecule has 0 saturated carbocycles. The molecule has 10 nitrogen and oxygen atoms in total. The van der Waals surface area contributed by atoms with Gasteiger partial charge in [0.2, 0.25) is 15.9 Å². The number of rotatable bonds is 10. The molecule has 2 heterocycles. The summed E-state index contributed by atoms with van der Waals surface area (Å²) in [7, 11) is -0.334. The molecular formula is C26H35N5O5S. The summed E-state index contributed by atoms with van der Waals surface area (Å²) in [5, 5.41) is 6.23. The van der Waals surface area contributed by atoms with Crippen LogP contribution >= 0.6 is 0 Å². The van der Waals surface area contributed by atoms with Crippen molar-refractivity contribution >= 4 is 38.7 Å². The summed E-state index contributed by atoms with van der Waals surface area (Å²) in [5.41, 5.74) is 3.41. The maximum absolute atomic E-state index is 12.9. The van der Waals surface area contributed by atoms with Crippen molar-refractivity contribution in [1.82, 2.24) is 10.2 Å². The van der Waals surface area contributed by atoms with E-state index in [1.807, 2.05) is 13.0 Å². The number of piperazine rings is 1. The highest BCUT2D eigenvalue weighted by molar-refractivity contribution is 7.92. The van der Waals surface area contributed by atoms with Crippen molar-refractivity contribution in [3.05, 3.63) is 42.0 Å². The summed E-state index contributed by atoms with van der Waals surface area (Å²) < 4.78 is 37.3. The number of carbonyl (C=O) groups is 1. The molecule has 0 radical (unpaired) electrons. The molecule has 2 aliphatic heterocycles. The molecule has 1 unspecified atom stereocenters. The third-order valence-electron chi connectivity index (χ3n) is 6.72. The number of hydrogen-bond donors (Lipinski definition) is 2. The highest BCUT2D eigenvalue weighted by Gasteiger charge is 2.35. The summed E-state index contributed by atoms with van der Waals surface area (Å²) in [4.78, 5) is 20.0. The Morgan fingerprint density at radius 3 is 2.35 bits per heavy atom. The van der Waals surface area contributed by atoms with Gasteiger partial charge in [-0.1, -0.05) is 6.92 Å². The van der Waals surface area contributed by atoms with Crippen LogP contribution in [0.15, 0.2) is 41.4 Å². The van der Waals surface area contributed by atoms with E-state index in [1.54, 1.807) is 44.6 Å². The predicted molar refractivity (Wildman–Crippen MR) is 146 cm³/mol. The van der Waals surface area contributed by atoms with E-state index in [0.29, 0.717) is 53.8 Å². The summed E-state index contributed by atoms with van der Waals surface area (Å²) >= 11 is 0. The van der Waals surface area contributed by atoms with Gasteiger partial charge in [0.1, 0.15) is 5.92 Å². The number of aliphatic imine (C=N–C) groups is 1. The number of methoxy groups -OCH3 is 2. The lowest BCUT2D eigenvalue weighted by Gasteiger charge is -2.30. The fourth-order valence-corrected chi connectivity index (χ4v) is 5.70. The zero-order valence-corrected chi connectivity index (χ0v) is 22.6. The van der Waals surface area contributed by atoms with E-state index < -0.39 is 15.9 Å². The molecule has 0 aliphatic carbocycles. The van der Waals surface area contributed by atoms with Gasteiger partial charge in [-0.15, -0.1) is 0 Å². The SMILES string of the molecule is CCC(=Nc1ccc(N(CCN2CCNCC2)S(C)(=O)=O)cc1)C1C(=O)Nc2cc(OC)c(OC)cc21. The Morgan fingerprint density at radius 1 is 1.11 bits per heavy atom. The number of carbonyl (C=O) groups excluding carboxylic acids is 1. The van der Waals surface area contributed by atoms with Crippen molar-refractivity contribution in [1.29, 1.82) is 0 Å². The van der Waals surface area contributed by atoms with E-state index in [0.717, 1.165) is 31.7 Å². The molecule has 0 bridgehead atoms. The van der Waals surface area contributed by atoms with Crippen LogP contribution in [0.4, 0.5) is 17.1 Å². The largest absolute Gasteiger partial charge is 0.493 e. The van der Waals surface area contributed by atoms with Crippen molar-refractivity contribution in [3.8, 4) is 11.5 Å². The Morgan fingerprint density at radius 2 is 1.76 bits per heavy atom. The Bertz CT molecular complexity index is 1260. The number of amides is 1. The number of sulfonamides is 1. The number of nitrogens with zero attached hydrogens (tertiary/aromatic N) is 3. The highest BCUT2D eigenvalue weighted by Crippen LogP contribution is 2.42. The van der Waals surface area contributed by atoms with Crippen molar-refractivity contribution < 1.29 is 22.7 Å². The first-order chi connectivity index (χ1) is 17.7. The van der Waals surface area contributed by atoms with Gasteiger partial charge in [-0.2, -0.15) is 0 Å². The Labute approximate surface area is 218 Å². The Hall–Kier alpha value is -3.15. The van der Waals surface area contributed by atoms with Gasteiger partial charge in [-0.05, 0) is 42.3 Å². The summed E-state index contributed by atoms with van der Waals surface area (Å²) in [6.07, 6.45) is 1.79. The second kappa shape index (κ2) is 11.5. The molecule has 37 heavy (non-hydrogen) atoms. The molecule has 0 aromatic heterocycles. The smallest absolute Gasteiger partial charge is 0.237 e. The van der Waals surface area contributed by atoms with Gasteiger partial charge in [-0.3, -0.25) is 19.0 Å². The maximum Gasteiger partial charge on any atom is 0.237 e. The lowest BCUT2D eigenvalue weighted by atomic mass is 9.93. The molecule has 2 aromatic carbocycles. The predicted octanol–water partition coefficient (Wildman–Crippen LogP) is 2.59. The molecule has 1 amide bonds. The number of anilines is 2. The van der Waals surface area contributed by atoms with E-state index in [1.165, 1.54) is 10.6 Å². The second-order valence-electron chi connectivity index (χ2n) is 9.12. The van der Waals surface area contributed by atoms with E-state index in [2.05, 4.69) is 15.5 Å². The quantitative estimate of drug-likeness (QED) is 0.455. The highest BCUT2D eigenvalue weighted by atomic mass is 32.2. The van der Waals surface area contributed by atoms with Crippen LogP contribution in [-0.4, -0.2) is 84.7 Å². The van der Waals surface area contributed by atoms with Gasteiger partial charge in [0, 0.05) is 56.7 Å². The fourth-order valence-electron chi connectivity index (χ4n) is 4.78. The normalized spacial score (nSPS) is 18.3. The molecule has 200 valence electrons. The number of hydrogen-bond acceptors (Lipinski definition) is 8. The van der Waals surface area contributed by atoms with Gasteiger partial charge < -0.3 is 20.1 Å². The number of benzene rings is 2. The molecule has 11 heteroatoms. The molecule has 1 atom stereocenters. The topological polar surface area (TPSA) is 113 Å². The summed E-state index contributed by atoms with van der Waals surface area (Å²) in [6.45, 7) is 6.64. The van der Waals surface area contributed by atoms with Crippen molar-refractivity contribution in [3.63, 3.8) is 0 Å². The minimum absolute atomic E-state index is 0.154. The molecule has 2 N–H and O–H groups in total. The van der Waals surface area contributed by atoms with Crippen LogP contribution in [0.2, 0.25) is 0 Å². The average molecular weight is 530 g/mol. The fraction of sp³-hybridized carbons (Fsp3) is 0.462. The Balaban J connectivity index is 1.57. The second-order valence-corrected chi connectivity index (χ2v) is 11.0. The van der Waals surface area contributed by atoms with E-state index in [-0.39, 0.29) is 5.91 Å². The van der Waals surface area contributed by atoms with Crippen LogP contribution < -0.4 is 24.4 Å². The molecular weight excluding hydrogens is 494 g/mol. The van der Waals surface area contributed by atoms with Gasteiger partial charge in [-0.25, -0.2) is 8.42 Å². The zero-order valence-electron chi connectivity index (χ0n) is 21.8. The summed E-state index contributed by atoms with van der Waals surface area (Å²) in [6, 6.07) is 10.7. The summed E-state index contributed by atoms with van der Waals surface area (Å²) in [5.74, 6) is 0.383. The first-order valence-corrected chi connectivity index (χ1v) is 14.2. The lowest BCUT2D eigenvalue weighted by Crippen LogP contribution is -2.47. The molecule has 1 fully saturated rings. The third kappa shape index (κ3) is 6.06. The molecule has 0 spiro atoms. The monoisotopic (exact) mass is 529 g/mol. The molecule has 2 aromatic rings. The lowest BCUT2D eigenvalue weighted by molar-refractivity contribution is -0.115. The zero-order chi connectivity index (χ0) is 26.6. The van der Waals surface area contributed by atoms with E-state index in [9.17, 15) is 13.2 Å². The van der Waals surface area contributed by atoms with E-state index >= 15 is 0 Å². The minimum Gasteiger partial charge on any atom is -0.493 e. The van der Waals surface area contributed by atoms with Gasteiger partial charge >= 0.3 is 0 Å². The maximum atomic E-state index is 12.9. The van der Waals surface area contributed by atoms with Crippen molar-refractivity contribution in [2.24, 2.45) is 4.99 Å². The van der Waals surface area contributed by atoms with E-state index in [4.69, 9.17) is 14.5 Å². The van der Waals surface area contributed by atoms with Crippen LogP contribution in [0.3, 0.4) is 0 Å². The average Bonchev–Trinajstić information content (AvgIpc) is 3.21. The molecule has 1 saturated heterocycles. The van der Waals surface area contributed by atoms with Gasteiger partial charge in [0.05, 0.1) is 31.9 Å². The first kappa shape index (κ1) is 26.9. The third-order valence-corrected chi connectivity index (χ3v) is 7.92. The Kier molecular flexibility index (Phi) is 8.35. The minimum atomic E-state index is -3.45. The van der Waals surface area contributed by atoms with Crippen LogP contribution in [0.5, 0.6) is 11.5 Å². The van der Waals surface area contributed by atoms with Crippen molar-refractivity contribution in [2.45, 2.75) is 19.3 Å². The van der Waals surface area contributed by atoms with Gasteiger partial charge in [0.15, 0.2) is 11.5 Å². The molecule has 4 rings (SSSR count). The standard InChI is InChI=1S/C26H35N5O5S/c1-5-21(25-20-16-23(35-2)24(36-3)17-22(20)29-26(25)32)28-18-6-8-19(9-7-18)31(37(4,33)34)15-14-30-12-10-27-11-13-30/h6-9,16-17,25,27H,5,10-15H2,1-4H3,(H,29,32).